The molecule has 0 aliphatic rings. The lowest BCUT2D eigenvalue weighted by Crippen LogP contribution is -1.98. The van der Waals surface area contributed by atoms with Crippen molar-refractivity contribution in [3.63, 3.8) is 0 Å². The SMILES string of the molecule is CCOc1c(F)cc(CCc2ccc3cc(-c4nn[nH]n4)oc3c2)cc1Br. The molecule has 0 atom stereocenters. The van der Waals surface area contributed by atoms with Gasteiger partial charge < -0.3 is 9.15 Å². The minimum atomic E-state index is -0.354. The monoisotopic (exact) mass is 430 g/mol. The number of halogens is 2. The predicted molar refractivity (Wildman–Crippen MR) is 102 cm³/mol. The standard InChI is InChI=1S/C19H16BrFN4O2/c1-2-26-18-14(20)7-12(8-15(18)21)4-3-11-5-6-13-10-17(27-16(13)9-11)19-22-24-25-23-19/h5-10H,2-4H2,1H3,(H,22,23,24,25). The molecule has 1 N–H and O–H groups in total. The zero-order valence-electron chi connectivity index (χ0n) is 14.5. The topological polar surface area (TPSA) is 76.8 Å². The molecule has 2 aromatic heterocycles. The second kappa shape index (κ2) is 7.48. The molecule has 0 fully saturated rings. The highest BCUT2D eigenvalue weighted by Gasteiger charge is 2.12. The molecule has 2 heterocycles. The van der Waals surface area contributed by atoms with E-state index in [9.17, 15) is 4.39 Å². The summed E-state index contributed by atoms with van der Waals surface area (Å²) in [6, 6.07) is 11.3. The van der Waals surface area contributed by atoms with Crippen LogP contribution in [-0.4, -0.2) is 27.2 Å². The predicted octanol–water partition coefficient (Wildman–Crippen LogP) is 4.70. The molecule has 27 heavy (non-hydrogen) atoms. The number of H-pyrrole nitrogens is 1. The van der Waals surface area contributed by atoms with Crippen LogP contribution in [0.4, 0.5) is 4.39 Å². The largest absolute Gasteiger partial charge is 0.490 e. The van der Waals surface area contributed by atoms with Crippen molar-refractivity contribution in [3.05, 3.63) is 57.8 Å². The third-order valence-electron chi connectivity index (χ3n) is 4.20. The van der Waals surface area contributed by atoms with E-state index in [1.165, 1.54) is 6.07 Å². The number of furan rings is 1. The number of hydrogen-bond donors (Lipinski definition) is 1. The van der Waals surface area contributed by atoms with Gasteiger partial charge in [0.25, 0.3) is 0 Å². The third-order valence-corrected chi connectivity index (χ3v) is 4.79. The van der Waals surface area contributed by atoms with Crippen LogP contribution in [0, 0.1) is 5.82 Å². The van der Waals surface area contributed by atoms with E-state index in [2.05, 4.69) is 36.6 Å². The van der Waals surface area contributed by atoms with Crippen molar-refractivity contribution in [2.45, 2.75) is 19.8 Å². The van der Waals surface area contributed by atoms with Crippen LogP contribution in [0.1, 0.15) is 18.1 Å². The van der Waals surface area contributed by atoms with Gasteiger partial charge in [0, 0.05) is 5.39 Å². The average Bonchev–Trinajstić information content (AvgIpc) is 3.31. The summed E-state index contributed by atoms with van der Waals surface area (Å²) >= 11 is 3.38. The second-order valence-corrected chi connectivity index (χ2v) is 6.89. The molecular formula is C19H16BrFN4O2. The first-order valence-electron chi connectivity index (χ1n) is 8.51. The summed E-state index contributed by atoms with van der Waals surface area (Å²) in [5.74, 6) is 0.885. The van der Waals surface area contributed by atoms with Crippen molar-refractivity contribution in [1.29, 1.82) is 0 Å². The van der Waals surface area contributed by atoms with Crippen LogP contribution in [-0.2, 0) is 12.8 Å². The summed E-state index contributed by atoms with van der Waals surface area (Å²) in [6.07, 6.45) is 1.46. The molecule has 8 heteroatoms. The van der Waals surface area contributed by atoms with Crippen LogP contribution >= 0.6 is 15.9 Å². The maximum atomic E-state index is 14.2. The number of aromatic amines is 1. The van der Waals surface area contributed by atoms with E-state index < -0.39 is 0 Å². The molecule has 0 aliphatic heterocycles. The number of aromatic nitrogens is 4. The van der Waals surface area contributed by atoms with E-state index in [1.54, 1.807) is 0 Å². The number of nitrogens with zero attached hydrogens (tertiary/aromatic N) is 3. The lowest BCUT2D eigenvalue weighted by atomic mass is 10.0. The Morgan fingerprint density at radius 3 is 2.74 bits per heavy atom. The zero-order chi connectivity index (χ0) is 18.8. The van der Waals surface area contributed by atoms with E-state index >= 15 is 0 Å². The van der Waals surface area contributed by atoms with Crippen molar-refractivity contribution in [1.82, 2.24) is 20.6 Å². The highest BCUT2D eigenvalue weighted by Crippen LogP contribution is 2.31. The summed E-state index contributed by atoms with van der Waals surface area (Å²) < 4.78 is 25.9. The van der Waals surface area contributed by atoms with Gasteiger partial charge >= 0.3 is 0 Å². The van der Waals surface area contributed by atoms with Gasteiger partial charge in [-0.2, -0.15) is 5.21 Å². The quantitative estimate of drug-likeness (QED) is 0.479. The Bertz CT molecular complexity index is 1060. The average molecular weight is 431 g/mol. The lowest BCUT2D eigenvalue weighted by Gasteiger charge is -2.10. The second-order valence-electron chi connectivity index (χ2n) is 6.04. The van der Waals surface area contributed by atoms with Gasteiger partial charge in [-0.25, -0.2) is 4.39 Å². The van der Waals surface area contributed by atoms with Gasteiger partial charge in [0.2, 0.25) is 5.82 Å². The minimum absolute atomic E-state index is 0.257. The van der Waals surface area contributed by atoms with Gasteiger partial charge in [-0.15, -0.1) is 10.2 Å². The van der Waals surface area contributed by atoms with Crippen molar-refractivity contribution in [2.24, 2.45) is 0 Å². The first kappa shape index (κ1) is 17.7. The van der Waals surface area contributed by atoms with Crippen LogP contribution in [0.25, 0.3) is 22.6 Å². The smallest absolute Gasteiger partial charge is 0.239 e. The van der Waals surface area contributed by atoms with Crippen LogP contribution in [0.5, 0.6) is 5.75 Å². The van der Waals surface area contributed by atoms with Gasteiger partial charge in [0.05, 0.1) is 11.1 Å². The molecule has 0 unspecified atom stereocenters. The molecule has 4 aromatic rings. The summed E-state index contributed by atoms with van der Waals surface area (Å²) in [6.45, 7) is 2.25. The molecule has 138 valence electrons. The van der Waals surface area contributed by atoms with Gasteiger partial charge in [0.15, 0.2) is 17.3 Å². The van der Waals surface area contributed by atoms with E-state index in [1.807, 2.05) is 37.3 Å². The molecule has 0 bridgehead atoms. The zero-order valence-corrected chi connectivity index (χ0v) is 16.1. The first-order chi connectivity index (χ1) is 13.1. The van der Waals surface area contributed by atoms with Crippen molar-refractivity contribution < 1.29 is 13.5 Å². The molecule has 0 saturated carbocycles. The van der Waals surface area contributed by atoms with E-state index in [4.69, 9.17) is 9.15 Å². The van der Waals surface area contributed by atoms with Crippen LogP contribution in [0.2, 0.25) is 0 Å². The Hall–Kier alpha value is -2.74. The van der Waals surface area contributed by atoms with Gasteiger partial charge in [-0.1, -0.05) is 12.1 Å². The normalized spacial score (nSPS) is 11.2. The van der Waals surface area contributed by atoms with Crippen molar-refractivity contribution >= 4 is 26.9 Å². The fourth-order valence-corrected chi connectivity index (χ4v) is 3.53. The summed E-state index contributed by atoms with van der Waals surface area (Å²) in [4.78, 5) is 0. The summed E-state index contributed by atoms with van der Waals surface area (Å²) in [7, 11) is 0. The number of nitrogens with one attached hydrogen (secondary N) is 1. The van der Waals surface area contributed by atoms with Gasteiger partial charge in [-0.3, -0.25) is 0 Å². The Morgan fingerprint density at radius 1 is 1.15 bits per heavy atom. The van der Waals surface area contributed by atoms with E-state index in [0.29, 0.717) is 29.1 Å². The number of ether oxygens (including phenoxy) is 1. The number of tetrazole rings is 1. The van der Waals surface area contributed by atoms with Crippen molar-refractivity contribution in [3.8, 4) is 17.3 Å². The summed E-state index contributed by atoms with van der Waals surface area (Å²) in [5.41, 5.74) is 2.75. The first-order valence-corrected chi connectivity index (χ1v) is 9.30. The Balaban J connectivity index is 1.52. The number of rotatable bonds is 6. The van der Waals surface area contributed by atoms with E-state index in [-0.39, 0.29) is 11.6 Å². The minimum Gasteiger partial charge on any atom is -0.490 e. The van der Waals surface area contributed by atoms with E-state index in [0.717, 1.165) is 28.5 Å². The van der Waals surface area contributed by atoms with Crippen LogP contribution < -0.4 is 4.74 Å². The molecule has 4 rings (SSSR count). The van der Waals surface area contributed by atoms with Crippen LogP contribution in [0.15, 0.2) is 45.3 Å². The third kappa shape index (κ3) is 3.71. The van der Waals surface area contributed by atoms with Crippen molar-refractivity contribution in [2.75, 3.05) is 6.61 Å². The highest BCUT2D eigenvalue weighted by molar-refractivity contribution is 9.10. The fourth-order valence-electron chi connectivity index (χ4n) is 2.94. The maximum Gasteiger partial charge on any atom is 0.239 e. The number of benzene rings is 2. The highest BCUT2D eigenvalue weighted by atomic mass is 79.9. The lowest BCUT2D eigenvalue weighted by molar-refractivity contribution is 0.319. The molecule has 0 aliphatic carbocycles. The molecule has 0 amide bonds. The van der Waals surface area contributed by atoms with Gasteiger partial charge in [-0.05, 0) is 76.3 Å². The number of aryl methyl sites for hydroxylation is 2. The molecule has 0 spiro atoms. The molecule has 0 saturated heterocycles. The number of hydrogen-bond acceptors (Lipinski definition) is 5. The molecule has 2 aromatic carbocycles. The maximum absolute atomic E-state index is 14.2. The Labute approximate surface area is 162 Å². The number of fused-ring (bicyclic) bond motifs is 1. The molecular weight excluding hydrogens is 415 g/mol. The van der Waals surface area contributed by atoms with Gasteiger partial charge in [0.1, 0.15) is 5.58 Å². The molecule has 0 radical (unpaired) electrons. The Kier molecular flexibility index (Phi) is 4.89. The molecule has 6 nitrogen and oxygen atoms in total. The Morgan fingerprint density at radius 2 is 2.00 bits per heavy atom. The summed E-state index contributed by atoms with van der Waals surface area (Å²) in [5, 5.41) is 14.8. The van der Waals surface area contributed by atoms with Crippen LogP contribution in [0.3, 0.4) is 0 Å². The fraction of sp³-hybridized carbons (Fsp3) is 0.211.